The first-order chi connectivity index (χ1) is 5.93. The summed E-state index contributed by atoms with van der Waals surface area (Å²) >= 11 is 0. The Morgan fingerprint density at radius 1 is 1.62 bits per heavy atom. The average Bonchev–Trinajstić information content (AvgIpc) is 2.35. The summed E-state index contributed by atoms with van der Waals surface area (Å²) in [7, 11) is 0. The maximum Gasteiger partial charge on any atom is 0.321 e. The first-order valence-electron chi connectivity index (χ1n) is 4.39. The third-order valence-corrected chi connectivity index (χ3v) is 3.70. The maximum absolute atomic E-state index is 11.6. The van der Waals surface area contributed by atoms with Gasteiger partial charge in [-0.15, -0.1) is 0 Å². The Hall–Kier alpha value is -1.12. The van der Waals surface area contributed by atoms with Gasteiger partial charge in [0.05, 0.1) is 0 Å². The van der Waals surface area contributed by atoms with Crippen LogP contribution in [-0.4, -0.2) is 16.9 Å². The molecule has 0 aliphatic heterocycles. The lowest BCUT2D eigenvalue weighted by molar-refractivity contribution is -0.154. The molecule has 70 valence electrons. The molecule has 0 aromatic rings. The van der Waals surface area contributed by atoms with E-state index < -0.39 is 16.8 Å². The summed E-state index contributed by atoms with van der Waals surface area (Å²) in [5.74, 6) is -1.03. The summed E-state index contributed by atoms with van der Waals surface area (Å²) in [6.07, 6.45) is 3.83. The zero-order valence-corrected chi connectivity index (χ0v) is 7.70. The van der Waals surface area contributed by atoms with Gasteiger partial charge < -0.3 is 5.11 Å². The number of carboxylic acids is 1. The predicted molar refractivity (Wildman–Crippen MR) is 46.1 cm³/mol. The summed E-state index contributed by atoms with van der Waals surface area (Å²) in [4.78, 5) is 22.7. The van der Waals surface area contributed by atoms with Crippen LogP contribution in [0.15, 0.2) is 12.2 Å². The van der Waals surface area contributed by atoms with Gasteiger partial charge in [-0.25, -0.2) is 0 Å². The van der Waals surface area contributed by atoms with Gasteiger partial charge in [0.15, 0.2) is 5.78 Å². The lowest BCUT2D eigenvalue weighted by Gasteiger charge is -2.31. The normalized spacial score (nSPS) is 39.8. The zero-order valence-electron chi connectivity index (χ0n) is 7.70. The first kappa shape index (κ1) is 8.48. The van der Waals surface area contributed by atoms with Crippen LogP contribution in [0.3, 0.4) is 0 Å². The van der Waals surface area contributed by atoms with Crippen LogP contribution in [-0.2, 0) is 9.59 Å². The van der Waals surface area contributed by atoms with Crippen molar-refractivity contribution in [1.82, 2.24) is 0 Å². The SMILES string of the molecule is CC1(C)C2C=CC1(C(=O)O)C(=O)C2. The molecule has 1 N–H and O–H groups in total. The van der Waals surface area contributed by atoms with Crippen LogP contribution >= 0.6 is 0 Å². The van der Waals surface area contributed by atoms with Crippen LogP contribution in [0.25, 0.3) is 0 Å². The van der Waals surface area contributed by atoms with Gasteiger partial charge in [-0.1, -0.05) is 26.0 Å². The van der Waals surface area contributed by atoms with Gasteiger partial charge in [0.1, 0.15) is 5.41 Å². The number of carbonyl (C=O) groups is 2. The molecule has 2 bridgehead atoms. The largest absolute Gasteiger partial charge is 0.480 e. The highest BCUT2D eigenvalue weighted by molar-refractivity contribution is 6.09. The van der Waals surface area contributed by atoms with Crippen molar-refractivity contribution in [2.24, 2.45) is 16.7 Å². The highest BCUT2D eigenvalue weighted by atomic mass is 16.4. The second kappa shape index (κ2) is 2.03. The van der Waals surface area contributed by atoms with E-state index in [-0.39, 0.29) is 11.7 Å². The molecule has 1 fully saturated rings. The molecule has 0 saturated heterocycles. The van der Waals surface area contributed by atoms with E-state index in [1.807, 2.05) is 19.9 Å². The van der Waals surface area contributed by atoms with Gasteiger partial charge in [0.25, 0.3) is 0 Å². The fourth-order valence-corrected chi connectivity index (χ4v) is 2.61. The van der Waals surface area contributed by atoms with Crippen molar-refractivity contribution in [2.45, 2.75) is 20.3 Å². The predicted octanol–water partition coefficient (Wildman–Crippen LogP) is 1.24. The van der Waals surface area contributed by atoms with Gasteiger partial charge in [0.2, 0.25) is 0 Å². The fourth-order valence-electron chi connectivity index (χ4n) is 2.61. The van der Waals surface area contributed by atoms with E-state index in [9.17, 15) is 9.59 Å². The highest BCUT2D eigenvalue weighted by Gasteiger charge is 2.66. The Balaban J connectivity index is 2.62. The molecule has 0 heterocycles. The Bertz CT molecular complexity index is 327. The number of ketones is 1. The number of aliphatic carboxylic acids is 1. The molecule has 2 unspecified atom stereocenters. The zero-order chi connectivity index (χ0) is 9.85. The molecule has 3 nitrogen and oxygen atoms in total. The molecule has 3 heteroatoms. The number of rotatable bonds is 1. The van der Waals surface area contributed by atoms with Crippen LogP contribution in [0.5, 0.6) is 0 Å². The van der Waals surface area contributed by atoms with Gasteiger partial charge >= 0.3 is 5.97 Å². The lowest BCUT2D eigenvalue weighted by atomic mass is 9.69. The van der Waals surface area contributed by atoms with Crippen LogP contribution in [0.1, 0.15) is 20.3 Å². The monoisotopic (exact) mass is 180 g/mol. The topological polar surface area (TPSA) is 54.4 Å². The molecule has 1 saturated carbocycles. The summed E-state index contributed by atoms with van der Waals surface area (Å²) < 4.78 is 0. The molecule has 2 atom stereocenters. The molecule has 0 radical (unpaired) electrons. The number of hydrogen-bond donors (Lipinski definition) is 1. The number of fused-ring (bicyclic) bond motifs is 2. The smallest absolute Gasteiger partial charge is 0.321 e. The second-order valence-corrected chi connectivity index (χ2v) is 4.43. The quantitative estimate of drug-likeness (QED) is 0.488. The molecule has 0 aromatic carbocycles. The van der Waals surface area contributed by atoms with Crippen LogP contribution in [0.4, 0.5) is 0 Å². The molecule has 0 amide bonds. The Morgan fingerprint density at radius 3 is 2.46 bits per heavy atom. The van der Waals surface area contributed by atoms with Gasteiger partial charge in [0, 0.05) is 6.42 Å². The number of Topliss-reactive ketones (excluding diaryl/α,β-unsaturated/α-hetero) is 1. The van der Waals surface area contributed by atoms with Crippen LogP contribution < -0.4 is 0 Å². The van der Waals surface area contributed by atoms with Crippen molar-refractivity contribution in [2.75, 3.05) is 0 Å². The van der Waals surface area contributed by atoms with Crippen molar-refractivity contribution in [3.63, 3.8) is 0 Å². The van der Waals surface area contributed by atoms with E-state index in [1.165, 1.54) is 0 Å². The Morgan fingerprint density at radius 2 is 2.23 bits per heavy atom. The number of hydrogen-bond acceptors (Lipinski definition) is 2. The molecule has 0 aromatic heterocycles. The summed E-state index contributed by atoms with van der Waals surface area (Å²) in [6, 6.07) is 0. The van der Waals surface area contributed by atoms with E-state index in [4.69, 9.17) is 5.11 Å². The molecule has 2 rings (SSSR count). The lowest BCUT2D eigenvalue weighted by Crippen LogP contribution is -2.42. The van der Waals surface area contributed by atoms with Crippen molar-refractivity contribution >= 4 is 11.8 Å². The van der Waals surface area contributed by atoms with Crippen LogP contribution in [0, 0.1) is 16.7 Å². The standard InChI is InChI=1S/C10H12O3/c1-9(2)6-3-4-10(9,8(12)13)7(11)5-6/h3-4,6H,5H2,1-2H3,(H,12,13). The van der Waals surface area contributed by atoms with Crippen molar-refractivity contribution in [3.05, 3.63) is 12.2 Å². The van der Waals surface area contributed by atoms with Crippen molar-refractivity contribution in [3.8, 4) is 0 Å². The van der Waals surface area contributed by atoms with Crippen molar-refractivity contribution < 1.29 is 14.7 Å². The molecule has 0 spiro atoms. The Labute approximate surface area is 76.4 Å². The molecular formula is C10H12O3. The average molecular weight is 180 g/mol. The third kappa shape index (κ3) is 0.666. The first-order valence-corrected chi connectivity index (χ1v) is 4.39. The number of carboxylic acid groups (broad SMARTS) is 1. The van der Waals surface area contributed by atoms with E-state index in [1.54, 1.807) is 6.08 Å². The van der Waals surface area contributed by atoms with Crippen LogP contribution in [0.2, 0.25) is 0 Å². The number of allylic oxidation sites excluding steroid dienone is 1. The van der Waals surface area contributed by atoms with E-state index >= 15 is 0 Å². The van der Waals surface area contributed by atoms with Gasteiger partial charge in [-0.05, 0) is 11.3 Å². The van der Waals surface area contributed by atoms with Gasteiger partial charge in [-0.2, -0.15) is 0 Å². The van der Waals surface area contributed by atoms with E-state index in [0.717, 1.165) is 0 Å². The van der Waals surface area contributed by atoms with Gasteiger partial charge in [-0.3, -0.25) is 9.59 Å². The highest BCUT2D eigenvalue weighted by Crippen LogP contribution is 2.59. The third-order valence-electron chi connectivity index (χ3n) is 3.70. The minimum Gasteiger partial charge on any atom is -0.480 e. The summed E-state index contributed by atoms with van der Waals surface area (Å²) in [5.41, 5.74) is -1.69. The summed E-state index contributed by atoms with van der Waals surface area (Å²) in [5, 5.41) is 9.12. The maximum atomic E-state index is 11.6. The minimum absolute atomic E-state index is 0.107. The molecule has 2 aliphatic rings. The fraction of sp³-hybridized carbons (Fsp3) is 0.600. The molecular weight excluding hydrogens is 168 g/mol. The molecule has 2 aliphatic carbocycles. The van der Waals surface area contributed by atoms with E-state index in [2.05, 4.69) is 0 Å². The summed E-state index contributed by atoms with van der Waals surface area (Å²) in [6.45, 7) is 3.72. The van der Waals surface area contributed by atoms with Crippen molar-refractivity contribution in [1.29, 1.82) is 0 Å². The van der Waals surface area contributed by atoms with E-state index in [0.29, 0.717) is 6.42 Å². The second-order valence-electron chi connectivity index (χ2n) is 4.43. The molecule has 13 heavy (non-hydrogen) atoms. The minimum atomic E-state index is -1.24. The number of carbonyl (C=O) groups excluding carboxylic acids is 1. The Kier molecular flexibility index (Phi) is 1.32.